The Kier molecular flexibility index (Phi) is 6.52. The van der Waals surface area contributed by atoms with E-state index >= 15 is 0 Å². The summed E-state index contributed by atoms with van der Waals surface area (Å²) in [5.74, 6) is 1.99. The molecule has 0 atom stereocenters. The van der Waals surface area contributed by atoms with E-state index in [0.717, 1.165) is 22.7 Å². The molecule has 0 aliphatic carbocycles. The fourth-order valence-electron chi connectivity index (χ4n) is 2.76. The topological polar surface area (TPSA) is 59.6 Å². The second-order valence-corrected chi connectivity index (χ2v) is 6.34. The van der Waals surface area contributed by atoms with E-state index in [4.69, 9.17) is 9.47 Å². The Morgan fingerprint density at radius 3 is 2.43 bits per heavy atom. The van der Waals surface area contributed by atoms with Crippen molar-refractivity contribution < 1.29 is 14.3 Å². The zero-order chi connectivity index (χ0) is 19.8. The van der Waals surface area contributed by atoms with Crippen LogP contribution < -0.4 is 20.1 Å². The fourth-order valence-corrected chi connectivity index (χ4v) is 2.76. The molecule has 0 aromatic heterocycles. The normalized spacial score (nSPS) is 10.2. The summed E-state index contributed by atoms with van der Waals surface area (Å²) in [6.45, 7) is 2.51. The second kappa shape index (κ2) is 9.46. The van der Waals surface area contributed by atoms with Gasteiger partial charge >= 0.3 is 0 Å². The van der Waals surface area contributed by atoms with Crippen LogP contribution in [0.25, 0.3) is 0 Å². The Hall–Kier alpha value is -3.47. The van der Waals surface area contributed by atoms with Gasteiger partial charge in [0.1, 0.15) is 11.5 Å². The molecule has 28 heavy (non-hydrogen) atoms. The molecule has 5 heteroatoms. The molecule has 0 spiro atoms. The van der Waals surface area contributed by atoms with Crippen LogP contribution in [0, 0.1) is 6.92 Å². The van der Waals surface area contributed by atoms with Gasteiger partial charge in [0.2, 0.25) is 5.91 Å². The van der Waals surface area contributed by atoms with Crippen molar-refractivity contribution in [2.45, 2.75) is 13.3 Å². The number of benzene rings is 3. The average molecular weight is 376 g/mol. The van der Waals surface area contributed by atoms with Gasteiger partial charge in [-0.1, -0.05) is 36.4 Å². The minimum atomic E-state index is -0.0942. The van der Waals surface area contributed by atoms with Crippen molar-refractivity contribution in [3.05, 3.63) is 78.4 Å². The Morgan fingerprint density at radius 2 is 1.64 bits per heavy atom. The highest BCUT2D eigenvalue weighted by Gasteiger charge is 2.09. The first-order valence-electron chi connectivity index (χ1n) is 9.16. The van der Waals surface area contributed by atoms with Crippen molar-refractivity contribution in [3.8, 4) is 17.2 Å². The zero-order valence-corrected chi connectivity index (χ0v) is 16.1. The van der Waals surface area contributed by atoms with Gasteiger partial charge in [0, 0.05) is 13.0 Å². The molecule has 0 saturated carbocycles. The molecule has 0 saturated heterocycles. The minimum absolute atomic E-state index is 0.0942. The van der Waals surface area contributed by atoms with Crippen molar-refractivity contribution in [1.29, 1.82) is 0 Å². The number of ether oxygens (including phenoxy) is 2. The van der Waals surface area contributed by atoms with Crippen LogP contribution in [-0.2, 0) is 4.79 Å². The third-order valence-electron chi connectivity index (χ3n) is 4.15. The van der Waals surface area contributed by atoms with Crippen LogP contribution in [-0.4, -0.2) is 19.6 Å². The van der Waals surface area contributed by atoms with E-state index in [2.05, 4.69) is 10.6 Å². The predicted molar refractivity (Wildman–Crippen MR) is 112 cm³/mol. The van der Waals surface area contributed by atoms with E-state index in [0.29, 0.717) is 24.4 Å². The summed E-state index contributed by atoms with van der Waals surface area (Å²) in [5, 5.41) is 6.18. The number of hydrogen-bond acceptors (Lipinski definition) is 4. The molecule has 0 fully saturated rings. The molecule has 0 radical (unpaired) electrons. The van der Waals surface area contributed by atoms with Gasteiger partial charge in [-0.25, -0.2) is 0 Å². The standard InChI is InChI=1S/C23H24N2O3/c1-17-12-13-21(27-2)20(16-17)24-15-14-23(26)25-19-10-6-7-11-22(19)28-18-8-4-3-5-9-18/h3-13,16,24H,14-15H2,1-2H3,(H,25,26). The molecule has 0 heterocycles. The maximum Gasteiger partial charge on any atom is 0.226 e. The summed E-state index contributed by atoms with van der Waals surface area (Å²) in [6, 6.07) is 22.8. The Balaban J connectivity index is 1.58. The number of hydrogen-bond donors (Lipinski definition) is 2. The van der Waals surface area contributed by atoms with Gasteiger partial charge in [-0.05, 0) is 48.9 Å². The lowest BCUT2D eigenvalue weighted by atomic mass is 10.2. The van der Waals surface area contributed by atoms with Crippen LogP contribution in [0.3, 0.4) is 0 Å². The molecule has 0 aliphatic rings. The Labute approximate surface area is 165 Å². The molecule has 0 bridgehead atoms. The first kappa shape index (κ1) is 19.3. The molecule has 3 aromatic carbocycles. The minimum Gasteiger partial charge on any atom is -0.495 e. The van der Waals surface area contributed by atoms with Crippen LogP contribution in [0.5, 0.6) is 17.2 Å². The number of nitrogens with one attached hydrogen (secondary N) is 2. The summed E-state index contributed by atoms with van der Waals surface area (Å²) in [4.78, 5) is 12.4. The number of rotatable bonds is 8. The zero-order valence-electron chi connectivity index (χ0n) is 16.1. The van der Waals surface area contributed by atoms with Crippen molar-refractivity contribution in [3.63, 3.8) is 0 Å². The summed E-state index contributed by atoms with van der Waals surface area (Å²) in [7, 11) is 1.63. The maximum atomic E-state index is 12.4. The van der Waals surface area contributed by atoms with E-state index in [1.165, 1.54) is 0 Å². The largest absolute Gasteiger partial charge is 0.495 e. The number of carbonyl (C=O) groups is 1. The second-order valence-electron chi connectivity index (χ2n) is 6.34. The number of anilines is 2. The van der Waals surface area contributed by atoms with Gasteiger partial charge in [-0.2, -0.15) is 0 Å². The molecular weight excluding hydrogens is 352 g/mol. The lowest BCUT2D eigenvalue weighted by Crippen LogP contribution is -2.16. The molecule has 5 nitrogen and oxygen atoms in total. The van der Waals surface area contributed by atoms with Gasteiger partial charge in [0.05, 0.1) is 18.5 Å². The smallest absolute Gasteiger partial charge is 0.226 e. The van der Waals surface area contributed by atoms with Crippen molar-refractivity contribution in [1.82, 2.24) is 0 Å². The molecule has 3 aromatic rings. The molecule has 144 valence electrons. The van der Waals surface area contributed by atoms with Crippen molar-refractivity contribution in [2.75, 3.05) is 24.3 Å². The van der Waals surface area contributed by atoms with E-state index in [9.17, 15) is 4.79 Å². The number of methoxy groups -OCH3 is 1. The summed E-state index contributed by atoms with van der Waals surface area (Å²) in [6.07, 6.45) is 0.316. The first-order chi connectivity index (χ1) is 13.7. The first-order valence-corrected chi connectivity index (χ1v) is 9.16. The van der Waals surface area contributed by atoms with Crippen LogP contribution in [0.1, 0.15) is 12.0 Å². The van der Waals surface area contributed by atoms with E-state index in [1.807, 2.05) is 79.7 Å². The lowest BCUT2D eigenvalue weighted by Gasteiger charge is -2.14. The van der Waals surface area contributed by atoms with Crippen LogP contribution >= 0.6 is 0 Å². The summed E-state index contributed by atoms with van der Waals surface area (Å²) in [5.41, 5.74) is 2.65. The number of carbonyl (C=O) groups excluding carboxylic acids is 1. The quantitative estimate of drug-likeness (QED) is 0.565. The van der Waals surface area contributed by atoms with Gasteiger partial charge in [0.25, 0.3) is 0 Å². The number of para-hydroxylation sites is 3. The molecule has 2 N–H and O–H groups in total. The van der Waals surface area contributed by atoms with Crippen LogP contribution in [0.2, 0.25) is 0 Å². The Bertz CT molecular complexity index is 926. The van der Waals surface area contributed by atoms with Gasteiger partial charge < -0.3 is 20.1 Å². The highest BCUT2D eigenvalue weighted by Crippen LogP contribution is 2.29. The van der Waals surface area contributed by atoms with Gasteiger partial charge in [-0.15, -0.1) is 0 Å². The molecular formula is C23H24N2O3. The van der Waals surface area contributed by atoms with Crippen LogP contribution in [0.15, 0.2) is 72.8 Å². The van der Waals surface area contributed by atoms with E-state index < -0.39 is 0 Å². The Morgan fingerprint density at radius 1 is 0.893 bits per heavy atom. The summed E-state index contributed by atoms with van der Waals surface area (Å²) < 4.78 is 11.2. The molecule has 3 rings (SSSR count). The van der Waals surface area contributed by atoms with Crippen molar-refractivity contribution in [2.24, 2.45) is 0 Å². The van der Waals surface area contributed by atoms with Crippen LogP contribution in [0.4, 0.5) is 11.4 Å². The monoisotopic (exact) mass is 376 g/mol. The highest BCUT2D eigenvalue weighted by molar-refractivity contribution is 5.92. The SMILES string of the molecule is COc1ccc(C)cc1NCCC(=O)Nc1ccccc1Oc1ccccc1. The molecule has 0 unspecified atom stereocenters. The predicted octanol–water partition coefficient (Wildman–Crippen LogP) is 5.24. The third-order valence-corrected chi connectivity index (χ3v) is 4.15. The summed E-state index contributed by atoms with van der Waals surface area (Å²) >= 11 is 0. The van der Waals surface area contributed by atoms with Crippen molar-refractivity contribution >= 4 is 17.3 Å². The molecule has 0 aliphatic heterocycles. The lowest BCUT2D eigenvalue weighted by molar-refractivity contribution is -0.116. The van der Waals surface area contributed by atoms with Gasteiger partial charge in [-0.3, -0.25) is 4.79 Å². The van der Waals surface area contributed by atoms with E-state index in [-0.39, 0.29) is 5.91 Å². The highest BCUT2D eigenvalue weighted by atomic mass is 16.5. The average Bonchev–Trinajstić information content (AvgIpc) is 2.70. The van der Waals surface area contributed by atoms with Gasteiger partial charge in [0.15, 0.2) is 5.75 Å². The fraction of sp³-hybridized carbons (Fsp3) is 0.174. The molecule has 1 amide bonds. The maximum absolute atomic E-state index is 12.4. The number of amides is 1. The number of aryl methyl sites for hydroxylation is 1. The van der Waals surface area contributed by atoms with E-state index in [1.54, 1.807) is 7.11 Å². The third kappa shape index (κ3) is 5.27.